The quantitative estimate of drug-likeness (QED) is 0.858. The van der Waals surface area contributed by atoms with E-state index in [-0.39, 0.29) is 17.5 Å². The smallest absolute Gasteiger partial charge is 0.306 e. The summed E-state index contributed by atoms with van der Waals surface area (Å²) in [6.07, 6.45) is 6.05. The van der Waals surface area contributed by atoms with Gasteiger partial charge < -0.3 is 9.67 Å². The summed E-state index contributed by atoms with van der Waals surface area (Å²) in [5.41, 5.74) is 0.686. The molecule has 19 heavy (non-hydrogen) atoms. The third-order valence-electron chi connectivity index (χ3n) is 3.97. The zero-order valence-corrected chi connectivity index (χ0v) is 10.4. The topological polar surface area (TPSA) is 88.0 Å². The number of pyridine rings is 1. The summed E-state index contributed by atoms with van der Waals surface area (Å²) in [5, 5.41) is 16.2. The van der Waals surface area contributed by atoms with Crippen LogP contribution in [0.25, 0.3) is 10.9 Å². The van der Waals surface area contributed by atoms with Crippen LogP contribution in [-0.2, 0) is 4.79 Å². The highest BCUT2D eigenvalue weighted by atomic mass is 16.4. The summed E-state index contributed by atoms with van der Waals surface area (Å²) in [6, 6.07) is 1.94. The van der Waals surface area contributed by atoms with Gasteiger partial charge in [-0.2, -0.15) is 5.10 Å². The first-order valence-corrected chi connectivity index (χ1v) is 6.44. The van der Waals surface area contributed by atoms with E-state index in [1.54, 1.807) is 10.8 Å². The van der Waals surface area contributed by atoms with Crippen LogP contribution in [0.1, 0.15) is 31.7 Å². The molecule has 2 aromatic heterocycles. The van der Waals surface area contributed by atoms with Crippen LogP contribution in [-0.4, -0.2) is 25.8 Å². The van der Waals surface area contributed by atoms with Crippen molar-refractivity contribution in [2.24, 2.45) is 5.92 Å². The molecule has 0 radical (unpaired) electrons. The molecule has 1 saturated carbocycles. The van der Waals surface area contributed by atoms with Crippen molar-refractivity contribution in [2.75, 3.05) is 0 Å². The normalized spacial score (nSPS) is 23.6. The molecule has 1 fully saturated rings. The second-order valence-corrected chi connectivity index (χ2v) is 5.07. The zero-order chi connectivity index (χ0) is 13.4. The van der Waals surface area contributed by atoms with E-state index in [0.29, 0.717) is 18.2 Å². The van der Waals surface area contributed by atoms with Crippen molar-refractivity contribution in [3.05, 3.63) is 28.8 Å². The molecule has 6 nitrogen and oxygen atoms in total. The van der Waals surface area contributed by atoms with Gasteiger partial charge in [0.05, 0.1) is 23.0 Å². The lowest BCUT2D eigenvalue weighted by Crippen LogP contribution is -2.29. The molecule has 100 valence electrons. The van der Waals surface area contributed by atoms with Crippen molar-refractivity contribution in [1.82, 2.24) is 14.8 Å². The number of carboxylic acids is 1. The molecule has 0 spiro atoms. The summed E-state index contributed by atoms with van der Waals surface area (Å²) in [4.78, 5) is 23.2. The van der Waals surface area contributed by atoms with Gasteiger partial charge in [-0.3, -0.25) is 14.7 Å². The first-order chi connectivity index (χ1) is 9.16. The van der Waals surface area contributed by atoms with Crippen LogP contribution in [0.15, 0.2) is 23.3 Å². The number of hydrogen-bond acceptors (Lipinski definition) is 3. The molecule has 2 aromatic rings. The lowest BCUT2D eigenvalue weighted by Gasteiger charge is -2.27. The summed E-state index contributed by atoms with van der Waals surface area (Å²) in [7, 11) is 0. The molecular weight excluding hydrogens is 246 g/mol. The SMILES string of the molecule is O=c1c2cn[nH]c2ccn1[C@H]1CC[C@@H](C(=O)O)CC1. The molecule has 0 amide bonds. The van der Waals surface area contributed by atoms with E-state index in [2.05, 4.69) is 10.2 Å². The van der Waals surface area contributed by atoms with Crippen molar-refractivity contribution in [2.45, 2.75) is 31.7 Å². The minimum atomic E-state index is -0.726. The van der Waals surface area contributed by atoms with Gasteiger partial charge in [0.25, 0.3) is 5.56 Å². The van der Waals surface area contributed by atoms with E-state index in [4.69, 9.17) is 5.11 Å². The molecule has 3 rings (SSSR count). The van der Waals surface area contributed by atoms with E-state index >= 15 is 0 Å². The van der Waals surface area contributed by atoms with Crippen LogP contribution in [0.4, 0.5) is 0 Å². The third-order valence-corrected chi connectivity index (χ3v) is 3.97. The van der Waals surface area contributed by atoms with Crippen molar-refractivity contribution in [3.8, 4) is 0 Å². The molecule has 2 N–H and O–H groups in total. The molecule has 0 aliphatic heterocycles. The highest BCUT2D eigenvalue weighted by Gasteiger charge is 2.27. The maximum Gasteiger partial charge on any atom is 0.306 e. The maximum atomic E-state index is 12.3. The van der Waals surface area contributed by atoms with Gasteiger partial charge in [0, 0.05) is 12.2 Å². The summed E-state index contributed by atoms with van der Waals surface area (Å²) in [5.74, 6) is -0.985. The molecule has 0 atom stereocenters. The largest absolute Gasteiger partial charge is 0.481 e. The number of rotatable bonds is 2. The van der Waals surface area contributed by atoms with Crippen molar-refractivity contribution in [1.29, 1.82) is 0 Å². The maximum absolute atomic E-state index is 12.3. The number of aromatic nitrogens is 3. The second-order valence-electron chi connectivity index (χ2n) is 5.07. The number of nitrogens with zero attached hydrogens (tertiary/aromatic N) is 2. The number of aliphatic carboxylic acids is 1. The Morgan fingerprint density at radius 1 is 1.37 bits per heavy atom. The van der Waals surface area contributed by atoms with E-state index in [1.165, 1.54) is 6.20 Å². The van der Waals surface area contributed by atoms with Crippen molar-refractivity contribution >= 4 is 16.9 Å². The summed E-state index contributed by atoms with van der Waals surface area (Å²) in [6.45, 7) is 0. The van der Waals surface area contributed by atoms with Crippen molar-refractivity contribution in [3.63, 3.8) is 0 Å². The third kappa shape index (κ3) is 2.03. The van der Waals surface area contributed by atoms with Gasteiger partial charge in [-0.25, -0.2) is 0 Å². The Morgan fingerprint density at radius 2 is 2.11 bits per heavy atom. The Kier molecular flexibility index (Phi) is 2.85. The number of hydrogen-bond donors (Lipinski definition) is 2. The van der Waals surface area contributed by atoms with Crippen LogP contribution in [0.5, 0.6) is 0 Å². The zero-order valence-electron chi connectivity index (χ0n) is 10.4. The van der Waals surface area contributed by atoms with Gasteiger partial charge in [0.1, 0.15) is 0 Å². The fourth-order valence-electron chi connectivity index (χ4n) is 2.84. The molecule has 2 heterocycles. The predicted molar refractivity (Wildman–Crippen MR) is 69.0 cm³/mol. The lowest BCUT2D eigenvalue weighted by atomic mass is 9.86. The van der Waals surface area contributed by atoms with E-state index in [1.807, 2.05) is 6.07 Å². The van der Waals surface area contributed by atoms with E-state index in [0.717, 1.165) is 18.4 Å². The number of carboxylic acid groups (broad SMARTS) is 1. The Morgan fingerprint density at radius 3 is 2.79 bits per heavy atom. The molecule has 6 heteroatoms. The predicted octanol–water partition coefficient (Wildman–Crippen LogP) is 1.54. The van der Waals surface area contributed by atoms with E-state index < -0.39 is 5.97 Å². The second kappa shape index (κ2) is 4.53. The van der Waals surface area contributed by atoms with Crippen LogP contribution >= 0.6 is 0 Å². The number of fused-ring (bicyclic) bond motifs is 1. The fourth-order valence-corrected chi connectivity index (χ4v) is 2.84. The Bertz CT molecular complexity index is 665. The van der Waals surface area contributed by atoms with E-state index in [9.17, 15) is 9.59 Å². The Balaban J connectivity index is 1.87. The van der Waals surface area contributed by atoms with Crippen LogP contribution < -0.4 is 5.56 Å². The Hall–Kier alpha value is -2.11. The molecule has 0 bridgehead atoms. The monoisotopic (exact) mass is 261 g/mol. The van der Waals surface area contributed by atoms with Gasteiger partial charge in [-0.1, -0.05) is 0 Å². The van der Waals surface area contributed by atoms with Crippen molar-refractivity contribution < 1.29 is 9.90 Å². The summed E-state index contributed by atoms with van der Waals surface area (Å²) >= 11 is 0. The average Bonchev–Trinajstić information content (AvgIpc) is 2.88. The molecular formula is C13H15N3O3. The standard InChI is InChI=1S/C13H15N3O3/c17-12-10-7-14-15-11(10)5-6-16(12)9-3-1-8(2-4-9)13(18)19/h5-9H,1-4H2,(H,14,15)(H,18,19)/t8-,9+. The van der Waals surface area contributed by atoms with Crippen LogP contribution in [0.3, 0.4) is 0 Å². The average molecular weight is 261 g/mol. The number of nitrogens with one attached hydrogen (secondary N) is 1. The number of H-pyrrole nitrogens is 1. The molecule has 0 aromatic carbocycles. The van der Waals surface area contributed by atoms with Crippen LogP contribution in [0, 0.1) is 5.92 Å². The van der Waals surface area contributed by atoms with Gasteiger partial charge >= 0.3 is 5.97 Å². The molecule has 1 aliphatic rings. The first-order valence-electron chi connectivity index (χ1n) is 6.44. The highest BCUT2D eigenvalue weighted by molar-refractivity contribution is 5.76. The van der Waals surface area contributed by atoms with Crippen LogP contribution in [0.2, 0.25) is 0 Å². The van der Waals surface area contributed by atoms with Gasteiger partial charge in [-0.05, 0) is 31.7 Å². The fraction of sp³-hybridized carbons (Fsp3) is 0.462. The molecule has 0 saturated heterocycles. The lowest BCUT2D eigenvalue weighted by molar-refractivity contribution is -0.143. The molecule has 0 unspecified atom stereocenters. The summed E-state index contributed by atoms with van der Waals surface area (Å²) < 4.78 is 1.72. The highest BCUT2D eigenvalue weighted by Crippen LogP contribution is 2.31. The minimum absolute atomic E-state index is 0.0509. The minimum Gasteiger partial charge on any atom is -0.481 e. The first kappa shape index (κ1) is 12.0. The number of aromatic amines is 1. The van der Waals surface area contributed by atoms with Gasteiger partial charge in [0.15, 0.2) is 0 Å². The number of carbonyl (C=O) groups is 1. The van der Waals surface area contributed by atoms with Gasteiger partial charge in [-0.15, -0.1) is 0 Å². The van der Waals surface area contributed by atoms with Gasteiger partial charge in [0.2, 0.25) is 0 Å². The molecule has 1 aliphatic carbocycles. The Labute approximate surface area is 109 Å².